The van der Waals surface area contributed by atoms with Crippen LogP contribution >= 0.6 is 0 Å². The molecule has 1 heterocycles. The van der Waals surface area contributed by atoms with E-state index in [2.05, 4.69) is 10.1 Å². The van der Waals surface area contributed by atoms with Gasteiger partial charge < -0.3 is 14.2 Å². The molecule has 0 atom stereocenters. The van der Waals surface area contributed by atoms with Crippen molar-refractivity contribution in [2.24, 2.45) is 0 Å². The van der Waals surface area contributed by atoms with Crippen LogP contribution in [0.5, 0.6) is 5.75 Å². The molecule has 0 spiro atoms. The monoisotopic (exact) mass is 337 g/mol. The lowest BCUT2D eigenvalue weighted by atomic mass is 10.2. The van der Waals surface area contributed by atoms with Gasteiger partial charge in [0, 0.05) is 17.7 Å². The van der Waals surface area contributed by atoms with Crippen LogP contribution in [-0.2, 0) is 6.54 Å². The number of ether oxygens (including phenoxy) is 1. The highest BCUT2D eigenvalue weighted by Crippen LogP contribution is 2.20. The molecular formula is C19H19N3O3. The Morgan fingerprint density at radius 2 is 1.84 bits per heavy atom. The fourth-order valence-corrected chi connectivity index (χ4v) is 2.43. The molecule has 0 radical (unpaired) electrons. The summed E-state index contributed by atoms with van der Waals surface area (Å²) in [7, 11) is 1.62. The van der Waals surface area contributed by atoms with E-state index in [4.69, 9.17) is 9.26 Å². The number of benzene rings is 2. The van der Waals surface area contributed by atoms with Crippen molar-refractivity contribution in [3.8, 4) is 17.1 Å². The van der Waals surface area contributed by atoms with Crippen LogP contribution in [0.3, 0.4) is 0 Å². The number of hydrogen-bond acceptors (Lipinski definition) is 5. The molecular weight excluding hydrogens is 318 g/mol. The van der Waals surface area contributed by atoms with E-state index >= 15 is 0 Å². The molecule has 0 aliphatic heterocycles. The molecule has 0 unspecified atom stereocenters. The van der Waals surface area contributed by atoms with Crippen molar-refractivity contribution in [2.75, 3.05) is 13.7 Å². The minimum atomic E-state index is -0.0627. The van der Waals surface area contributed by atoms with Crippen molar-refractivity contribution in [3.63, 3.8) is 0 Å². The zero-order chi connectivity index (χ0) is 17.6. The molecule has 0 fully saturated rings. The molecule has 0 aliphatic carbocycles. The summed E-state index contributed by atoms with van der Waals surface area (Å²) in [5.41, 5.74) is 1.47. The maximum absolute atomic E-state index is 12.5. The summed E-state index contributed by atoms with van der Waals surface area (Å²) < 4.78 is 10.4. The molecule has 3 aromatic rings. The highest BCUT2D eigenvalue weighted by Gasteiger charge is 2.18. The van der Waals surface area contributed by atoms with Gasteiger partial charge in [0.2, 0.25) is 11.7 Å². The minimum Gasteiger partial charge on any atom is -0.497 e. The van der Waals surface area contributed by atoms with E-state index in [0.29, 0.717) is 23.8 Å². The summed E-state index contributed by atoms with van der Waals surface area (Å²) in [5, 5.41) is 4.00. The predicted octanol–water partition coefficient (Wildman–Crippen LogP) is 3.41. The maximum atomic E-state index is 12.5. The second-order valence-electron chi connectivity index (χ2n) is 5.43. The number of hydrogen-bond donors (Lipinski definition) is 0. The van der Waals surface area contributed by atoms with Crippen LogP contribution < -0.4 is 4.74 Å². The topological polar surface area (TPSA) is 68.5 Å². The summed E-state index contributed by atoms with van der Waals surface area (Å²) in [5.74, 6) is 1.59. The van der Waals surface area contributed by atoms with Crippen molar-refractivity contribution in [1.82, 2.24) is 15.0 Å². The number of carbonyl (C=O) groups is 1. The smallest absolute Gasteiger partial charge is 0.254 e. The van der Waals surface area contributed by atoms with Crippen molar-refractivity contribution in [3.05, 3.63) is 66.1 Å². The molecule has 1 aromatic heterocycles. The molecule has 3 rings (SSSR count). The predicted molar refractivity (Wildman–Crippen MR) is 93.1 cm³/mol. The first-order valence-corrected chi connectivity index (χ1v) is 8.02. The van der Waals surface area contributed by atoms with Crippen molar-refractivity contribution in [1.29, 1.82) is 0 Å². The van der Waals surface area contributed by atoms with E-state index in [9.17, 15) is 4.79 Å². The van der Waals surface area contributed by atoms with Crippen LogP contribution in [0.4, 0.5) is 0 Å². The molecule has 25 heavy (non-hydrogen) atoms. The molecule has 6 nitrogen and oxygen atoms in total. The minimum absolute atomic E-state index is 0.0627. The lowest BCUT2D eigenvalue weighted by Crippen LogP contribution is -2.30. The summed E-state index contributed by atoms with van der Waals surface area (Å²) >= 11 is 0. The van der Waals surface area contributed by atoms with Gasteiger partial charge in [-0.05, 0) is 43.3 Å². The average molecular weight is 337 g/mol. The maximum Gasteiger partial charge on any atom is 0.254 e. The average Bonchev–Trinajstić information content (AvgIpc) is 3.15. The first kappa shape index (κ1) is 16.7. The van der Waals surface area contributed by atoms with Crippen molar-refractivity contribution in [2.45, 2.75) is 13.5 Å². The molecule has 0 saturated heterocycles. The Bertz CT molecular complexity index is 829. The number of rotatable bonds is 6. The summed E-state index contributed by atoms with van der Waals surface area (Å²) in [6, 6.07) is 16.5. The molecule has 0 aliphatic rings. The quantitative estimate of drug-likeness (QED) is 0.689. The van der Waals surface area contributed by atoms with Gasteiger partial charge in [0.25, 0.3) is 5.91 Å². The van der Waals surface area contributed by atoms with E-state index in [0.717, 1.165) is 11.3 Å². The van der Waals surface area contributed by atoms with Crippen LogP contribution in [0.1, 0.15) is 23.2 Å². The van der Waals surface area contributed by atoms with E-state index < -0.39 is 0 Å². The lowest BCUT2D eigenvalue weighted by Gasteiger charge is -2.18. The molecule has 128 valence electrons. The lowest BCUT2D eigenvalue weighted by molar-refractivity contribution is 0.0734. The van der Waals surface area contributed by atoms with E-state index in [-0.39, 0.29) is 12.5 Å². The summed E-state index contributed by atoms with van der Waals surface area (Å²) in [6.45, 7) is 2.74. The van der Waals surface area contributed by atoms with Gasteiger partial charge in [-0.3, -0.25) is 4.79 Å². The number of methoxy groups -OCH3 is 1. The first-order valence-electron chi connectivity index (χ1n) is 8.02. The highest BCUT2D eigenvalue weighted by molar-refractivity contribution is 5.94. The fourth-order valence-electron chi connectivity index (χ4n) is 2.43. The van der Waals surface area contributed by atoms with Gasteiger partial charge in [0.1, 0.15) is 12.3 Å². The van der Waals surface area contributed by atoms with Crippen LogP contribution in [0.15, 0.2) is 59.1 Å². The van der Waals surface area contributed by atoms with E-state index in [1.807, 2.05) is 49.4 Å². The Balaban J connectivity index is 1.74. The molecule has 2 aromatic carbocycles. The normalized spacial score (nSPS) is 10.5. The third-order valence-corrected chi connectivity index (χ3v) is 3.83. The summed E-state index contributed by atoms with van der Waals surface area (Å²) in [6.07, 6.45) is 0. The zero-order valence-electron chi connectivity index (χ0n) is 14.2. The Labute approximate surface area is 146 Å². The number of aromatic nitrogens is 2. The van der Waals surface area contributed by atoms with Gasteiger partial charge in [-0.25, -0.2) is 0 Å². The molecule has 6 heteroatoms. The Morgan fingerprint density at radius 1 is 1.12 bits per heavy atom. The first-order chi connectivity index (χ1) is 12.2. The van der Waals surface area contributed by atoms with Gasteiger partial charge in [-0.1, -0.05) is 23.4 Å². The molecule has 0 N–H and O–H groups in total. The summed E-state index contributed by atoms with van der Waals surface area (Å²) in [4.78, 5) is 18.6. The van der Waals surface area contributed by atoms with E-state index in [1.165, 1.54) is 0 Å². The number of carbonyl (C=O) groups excluding carboxylic acids is 1. The number of nitrogens with zero attached hydrogens (tertiary/aromatic N) is 3. The Hall–Kier alpha value is -3.15. The highest BCUT2D eigenvalue weighted by atomic mass is 16.5. The van der Waals surface area contributed by atoms with Gasteiger partial charge in [-0.2, -0.15) is 4.98 Å². The molecule has 0 bridgehead atoms. The number of amides is 1. The van der Waals surface area contributed by atoms with E-state index in [1.54, 1.807) is 24.1 Å². The fraction of sp³-hybridized carbons (Fsp3) is 0.211. The standard InChI is InChI=1S/C19H19N3O3/c1-3-22(19(23)15-7-5-4-6-8-15)13-17-20-18(21-25-17)14-9-11-16(24-2)12-10-14/h4-12H,3,13H2,1-2H3. The van der Waals surface area contributed by atoms with Gasteiger partial charge in [0.15, 0.2) is 0 Å². The molecule has 1 amide bonds. The van der Waals surface area contributed by atoms with Crippen LogP contribution in [0.2, 0.25) is 0 Å². The second-order valence-corrected chi connectivity index (χ2v) is 5.43. The van der Waals surface area contributed by atoms with Crippen LogP contribution in [-0.4, -0.2) is 34.6 Å². The van der Waals surface area contributed by atoms with Gasteiger partial charge in [-0.15, -0.1) is 0 Å². The molecule has 0 saturated carbocycles. The van der Waals surface area contributed by atoms with Crippen molar-refractivity contribution >= 4 is 5.91 Å². The third-order valence-electron chi connectivity index (χ3n) is 3.83. The third kappa shape index (κ3) is 3.85. The van der Waals surface area contributed by atoms with Gasteiger partial charge >= 0.3 is 0 Å². The SMILES string of the molecule is CCN(Cc1nc(-c2ccc(OC)cc2)no1)C(=O)c1ccccc1. The van der Waals surface area contributed by atoms with Crippen LogP contribution in [0, 0.1) is 0 Å². The Kier molecular flexibility index (Phi) is 5.09. The zero-order valence-corrected chi connectivity index (χ0v) is 14.2. The van der Waals surface area contributed by atoms with Crippen LogP contribution in [0.25, 0.3) is 11.4 Å². The Morgan fingerprint density at radius 3 is 2.48 bits per heavy atom. The van der Waals surface area contributed by atoms with Crippen molar-refractivity contribution < 1.29 is 14.1 Å². The largest absolute Gasteiger partial charge is 0.497 e. The van der Waals surface area contributed by atoms with Gasteiger partial charge in [0.05, 0.1) is 7.11 Å². The second kappa shape index (κ2) is 7.61.